The maximum absolute atomic E-state index is 12.2. The molecule has 0 spiro atoms. The standard InChI is InChI=1S/C14H28N2O3/c1-13(2,3)7-9(8-15)11(17)16-10(12(18)19)14(4,5)6/h9-10H,7-8,15H2,1-6H3,(H,16,17)(H,18,19)/t9?,10-/m0/s1. The highest BCUT2D eigenvalue weighted by Gasteiger charge is 2.34. The van der Waals surface area contributed by atoms with Crippen molar-refractivity contribution in [2.75, 3.05) is 6.54 Å². The van der Waals surface area contributed by atoms with E-state index in [-0.39, 0.29) is 23.8 Å². The van der Waals surface area contributed by atoms with Crippen LogP contribution in [0.1, 0.15) is 48.0 Å². The molecule has 0 aromatic carbocycles. The summed E-state index contributed by atoms with van der Waals surface area (Å²) in [6.45, 7) is 11.7. The fourth-order valence-electron chi connectivity index (χ4n) is 1.93. The SMILES string of the molecule is CC(C)(C)CC(CN)C(=O)N[C@@H](C(=O)O)C(C)(C)C. The number of carbonyl (C=O) groups is 2. The molecule has 0 aliphatic heterocycles. The Bertz CT molecular complexity index is 327. The zero-order chi connectivity index (χ0) is 15.4. The Balaban J connectivity index is 4.85. The van der Waals surface area contributed by atoms with Crippen molar-refractivity contribution in [3.05, 3.63) is 0 Å². The first-order chi connectivity index (χ1) is 8.38. The minimum absolute atomic E-state index is 0.0260. The fourth-order valence-corrected chi connectivity index (χ4v) is 1.93. The highest BCUT2D eigenvalue weighted by Crippen LogP contribution is 2.25. The van der Waals surface area contributed by atoms with E-state index in [4.69, 9.17) is 5.73 Å². The van der Waals surface area contributed by atoms with Gasteiger partial charge in [0.1, 0.15) is 6.04 Å². The van der Waals surface area contributed by atoms with Crippen LogP contribution in [0.15, 0.2) is 0 Å². The van der Waals surface area contributed by atoms with Gasteiger partial charge in [0.2, 0.25) is 5.91 Å². The maximum atomic E-state index is 12.2. The largest absolute Gasteiger partial charge is 0.480 e. The van der Waals surface area contributed by atoms with E-state index in [9.17, 15) is 14.7 Å². The van der Waals surface area contributed by atoms with Crippen molar-refractivity contribution in [1.82, 2.24) is 5.32 Å². The first-order valence-electron chi connectivity index (χ1n) is 6.61. The van der Waals surface area contributed by atoms with Crippen LogP contribution < -0.4 is 11.1 Å². The van der Waals surface area contributed by atoms with Crippen molar-refractivity contribution in [3.63, 3.8) is 0 Å². The molecule has 0 fully saturated rings. The fraction of sp³-hybridized carbons (Fsp3) is 0.857. The van der Waals surface area contributed by atoms with Crippen molar-refractivity contribution in [2.45, 2.75) is 54.0 Å². The summed E-state index contributed by atoms with van der Waals surface area (Å²) in [7, 11) is 0. The number of hydrogen-bond acceptors (Lipinski definition) is 3. The third-order valence-electron chi connectivity index (χ3n) is 2.91. The molecule has 0 aliphatic rings. The highest BCUT2D eigenvalue weighted by atomic mass is 16.4. The minimum atomic E-state index is -1.02. The van der Waals surface area contributed by atoms with E-state index in [0.717, 1.165) is 0 Å². The first kappa shape index (κ1) is 17.9. The lowest BCUT2D eigenvalue weighted by molar-refractivity contribution is -0.145. The molecule has 112 valence electrons. The second-order valence-corrected chi connectivity index (χ2v) is 7.34. The molecule has 0 saturated carbocycles. The van der Waals surface area contributed by atoms with Gasteiger partial charge in [0.25, 0.3) is 0 Å². The quantitative estimate of drug-likeness (QED) is 0.709. The van der Waals surface area contributed by atoms with Crippen molar-refractivity contribution >= 4 is 11.9 Å². The molecule has 0 aromatic heterocycles. The molecule has 0 rings (SSSR count). The smallest absolute Gasteiger partial charge is 0.326 e. The van der Waals surface area contributed by atoms with E-state index < -0.39 is 17.4 Å². The van der Waals surface area contributed by atoms with Gasteiger partial charge in [-0.15, -0.1) is 0 Å². The number of carboxylic acids is 1. The van der Waals surface area contributed by atoms with Gasteiger partial charge in [-0.3, -0.25) is 4.79 Å². The van der Waals surface area contributed by atoms with Gasteiger partial charge in [-0.05, 0) is 17.3 Å². The Labute approximate surface area is 115 Å². The van der Waals surface area contributed by atoms with Crippen LogP contribution in [0.4, 0.5) is 0 Å². The molecule has 0 saturated heterocycles. The van der Waals surface area contributed by atoms with Crippen LogP contribution >= 0.6 is 0 Å². The van der Waals surface area contributed by atoms with Crippen LogP contribution in [0.2, 0.25) is 0 Å². The van der Waals surface area contributed by atoms with Gasteiger partial charge in [0, 0.05) is 6.54 Å². The number of aliphatic carboxylic acids is 1. The number of carbonyl (C=O) groups excluding carboxylic acids is 1. The van der Waals surface area contributed by atoms with Gasteiger partial charge in [-0.1, -0.05) is 41.5 Å². The number of carboxylic acid groups (broad SMARTS) is 1. The van der Waals surface area contributed by atoms with E-state index in [1.807, 2.05) is 20.8 Å². The lowest BCUT2D eigenvalue weighted by Gasteiger charge is -2.30. The number of nitrogens with one attached hydrogen (secondary N) is 1. The zero-order valence-electron chi connectivity index (χ0n) is 12.9. The molecule has 5 nitrogen and oxygen atoms in total. The number of nitrogens with two attached hydrogens (primary N) is 1. The molecule has 1 amide bonds. The van der Waals surface area contributed by atoms with Gasteiger partial charge < -0.3 is 16.2 Å². The summed E-state index contributed by atoms with van der Waals surface area (Å²) < 4.78 is 0. The molecule has 0 heterocycles. The third kappa shape index (κ3) is 6.57. The van der Waals surface area contributed by atoms with Crippen molar-refractivity contribution in [3.8, 4) is 0 Å². The average Bonchev–Trinajstić information content (AvgIpc) is 2.18. The predicted octanol–water partition coefficient (Wildman–Crippen LogP) is 1.61. The van der Waals surface area contributed by atoms with Gasteiger partial charge in [-0.2, -0.15) is 0 Å². The Morgan fingerprint density at radius 3 is 1.89 bits per heavy atom. The molecule has 4 N–H and O–H groups in total. The van der Waals surface area contributed by atoms with Crippen LogP contribution in [0, 0.1) is 16.7 Å². The summed E-state index contributed by atoms with van der Waals surface area (Å²) in [6.07, 6.45) is 0.631. The van der Waals surface area contributed by atoms with E-state index in [1.54, 1.807) is 20.8 Å². The van der Waals surface area contributed by atoms with Gasteiger partial charge in [0.05, 0.1) is 5.92 Å². The van der Waals surface area contributed by atoms with E-state index in [0.29, 0.717) is 6.42 Å². The molecule has 0 aromatic rings. The molecule has 0 radical (unpaired) electrons. The Morgan fingerprint density at radius 1 is 1.16 bits per heavy atom. The second kappa shape index (κ2) is 6.37. The van der Waals surface area contributed by atoms with E-state index >= 15 is 0 Å². The number of rotatable bonds is 5. The summed E-state index contributed by atoms with van der Waals surface area (Å²) in [6, 6.07) is -0.908. The third-order valence-corrected chi connectivity index (χ3v) is 2.91. The van der Waals surface area contributed by atoms with E-state index in [2.05, 4.69) is 5.32 Å². The molecular formula is C14H28N2O3. The summed E-state index contributed by atoms with van der Waals surface area (Å²) in [5.74, 6) is -1.66. The van der Waals surface area contributed by atoms with Gasteiger partial charge >= 0.3 is 5.97 Å². The molecule has 19 heavy (non-hydrogen) atoms. The lowest BCUT2D eigenvalue weighted by Crippen LogP contribution is -2.52. The van der Waals surface area contributed by atoms with Crippen LogP contribution in [-0.2, 0) is 9.59 Å². The van der Waals surface area contributed by atoms with Crippen LogP contribution in [-0.4, -0.2) is 29.6 Å². The monoisotopic (exact) mass is 272 g/mol. The van der Waals surface area contributed by atoms with Gasteiger partial charge in [0.15, 0.2) is 0 Å². The molecule has 2 atom stereocenters. The molecule has 0 aliphatic carbocycles. The molecule has 1 unspecified atom stereocenters. The van der Waals surface area contributed by atoms with E-state index in [1.165, 1.54) is 0 Å². The second-order valence-electron chi connectivity index (χ2n) is 7.34. The summed E-state index contributed by atoms with van der Waals surface area (Å²) >= 11 is 0. The first-order valence-corrected chi connectivity index (χ1v) is 6.61. The predicted molar refractivity (Wildman–Crippen MR) is 75.6 cm³/mol. The Morgan fingerprint density at radius 2 is 1.63 bits per heavy atom. The molecule has 0 bridgehead atoms. The summed E-state index contributed by atoms with van der Waals surface area (Å²) in [5.41, 5.74) is 5.07. The minimum Gasteiger partial charge on any atom is -0.480 e. The maximum Gasteiger partial charge on any atom is 0.326 e. The molecular weight excluding hydrogens is 244 g/mol. The van der Waals surface area contributed by atoms with Gasteiger partial charge in [-0.25, -0.2) is 4.79 Å². The van der Waals surface area contributed by atoms with Crippen molar-refractivity contribution in [1.29, 1.82) is 0 Å². The zero-order valence-corrected chi connectivity index (χ0v) is 12.9. The van der Waals surface area contributed by atoms with Crippen LogP contribution in [0.25, 0.3) is 0 Å². The Kier molecular flexibility index (Phi) is 6.00. The van der Waals surface area contributed by atoms with Crippen molar-refractivity contribution < 1.29 is 14.7 Å². The number of amides is 1. The number of hydrogen-bond donors (Lipinski definition) is 3. The Hall–Kier alpha value is -1.10. The van der Waals surface area contributed by atoms with Crippen LogP contribution in [0.5, 0.6) is 0 Å². The van der Waals surface area contributed by atoms with Crippen molar-refractivity contribution in [2.24, 2.45) is 22.5 Å². The molecule has 5 heteroatoms. The van der Waals surface area contributed by atoms with Crippen LogP contribution in [0.3, 0.4) is 0 Å². The highest BCUT2D eigenvalue weighted by molar-refractivity contribution is 5.85. The summed E-state index contributed by atoms with van der Waals surface area (Å²) in [5, 5.41) is 11.8. The average molecular weight is 272 g/mol. The topological polar surface area (TPSA) is 92.4 Å². The summed E-state index contributed by atoms with van der Waals surface area (Å²) in [4.78, 5) is 23.4. The normalized spacial score (nSPS) is 15.7. The lowest BCUT2D eigenvalue weighted by atomic mass is 9.83.